The van der Waals surface area contributed by atoms with Crippen LogP contribution < -0.4 is 5.32 Å². The average molecular weight is 283 g/mol. The highest BCUT2D eigenvalue weighted by molar-refractivity contribution is 5.75. The molecule has 4 nitrogen and oxygen atoms in total. The molecule has 112 valence electrons. The number of ether oxygens (including phenoxy) is 1. The summed E-state index contributed by atoms with van der Waals surface area (Å²) in [7, 11) is 0. The van der Waals surface area contributed by atoms with Gasteiger partial charge >= 0.3 is 6.18 Å². The number of carbonyl (C=O) groups excluding carboxylic acids is 1. The second-order valence-corrected chi connectivity index (χ2v) is 4.83. The topological polar surface area (TPSA) is 58.6 Å². The maximum atomic E-state index is 11.8. The highest BCUT2D eigenvalue weighted by atomic mass is 19.4. The molecule has 0 spiro atoms. The Hall–Kier alpha value is -0.820. The van der Waals surface area contributed by atoms with Crippen molar-refractivity contribution < 1.29 is 27.8 Å². The highest BCUT2D eigenvalue weighted by Crippen LogP contribution is 2.23. The third kappa shape index (κ3) is 7.37. The summed E-state index contributed by atoms with van der Waals surface area (Å²) in [6.45, 7) is -1.21. The summed E-state index contributed by atoms with van der Waals surface area (Å²) in [6.07, 6.45) is -1.21. The molecular weight excluding hydrogens is 263 g/mol. The summed E-state index contributed by atoms with van der Waals surface area (Å²) in [6, 6.07) is 0. The van der Waals surface area contributed by atoms with Gasteiger partial charge in [0.25, 0.3) is 0 Å². The van der Waals surface area contributed by atoms with Crippen LogP contribution in [0.25, 0.3) is 0 Å². The van der Waals surface area contributed by atoms with E-state index in [1.165, 1.54) is 0 Å². The van der Waals surface area contributed by atoms with Crippen LogP contribution in [0.15, 0.2) is 0 Å². The zero-order chi connectivity index (χ0) is 14.3. The number of alkyl halides is 3. The van der Waals surface area contributed by atoms with Gasteiger partial charge in [0.1, 0.15) is 6.61 Å². The third-order valence-electron chi connectivity index (χ3n) is 3.17. The molecule has 0 aromatic rings. The lowest BCUT2D eigenvalue weighted by Crippen LogP contribution is -2.37. The van der Waals surface area contributed by atoms with E-state index in [0.717, 1.165) is 25.7 Å². The molecule has 0 bridgehead atoms. The van der Waals surface area contributed by atoms with E-state index in [1.807, 2.05) is 0 Å². The van der Waals surface area contributed by atoms with E-state index in [0.29, 0.717) is 6.54 Å². The van der Waals surface area contributed by atoms with Crippen molar-refractivity contribution in [2.45, 2.75) is 44.4 Å². The lowest BCUT2D eigenvalue weighted by atomic mass is 9.86. The first-order chi connectivity index (χ1) is 8.88. The van der Waals surface area contributed by atoms with Crippen molar-refractivity contribution in [1.29, 1.82) is 0 Å². The number of hydrogen-bond donors (Lipinski definition) is 2. The van der Waals surface area contributed by atoms with Gasteiger partial charge in [0, 0.05) is 18.9 Å². The first-order valence-electron chi connectivity index (χ1n) is 6.48. The van der Waals surface area contributed by atoms with Crippen LogP contribution >= 0.6 is 0 Å². The van der Waals surface area contributed by atoms with Crippen molar-refractivity contribution in [1.82, 2.24) is 5.32 Å². The number of hydrogen-bond acceptors (Lipinski definition) is 3. The van der Waals surface area contributed by atoms with Crippen molar-refractivity contribution >= 4 is 5.91 Å². The Kier molecular flexibility index (Phi) is 6.57. The molecule has 0 heterocycles. The van der Waals surface area contributed by atoms with Gasteiger partial charge in [-0.1, -0.05) is 12.8 Å². The fourth-order valence-corrected chi connectivity index (χ4v) is 2.11. The maximum absolute atomic E-state index is 11.8. The Labute approximate surface area is 110 Å². The molecule has 0 saturated heterocycles. The van der Waals surface area contributed by atoms with Crippen molar-refractivity contribution in [2.75, 3.05) is 19.8 Å². The minimum Gasteiger partial charge on any atom is -0.393 e. The van der Waals surface area contributed by atoms with E-state index in [1.54, 1.807) is 0 Å². The predicted molar refractivity (Wildman–Crippen MR) is 62.5 cm³/mol. The molecule has 1 aliphatic rings. The van der Waals surface area contributed by atoms with Crippen LogP contribution in [0.3, 0.4) is 0 Å². The fraction of sp³-hybridized carbons (Fsp3) is 0.917. The quantitative estimate of drug-likeness (QED) is 0.728. The summed E-state index contributed by atoms with van der Waals surface area (Å²) in [5.74, 6) is -0.297. The Bertz CT molecular complexity index is 284. The first kappa shape index (κ1) is 16.2. The van der Waals surface area contributed by atoms with Gasteiger partial charge in [-0.25, -0.2) is 0 Å². The van der Waals surface area contributed by atoms with Crippen LogP contribution in [0.2, 0.25) is 0 Å². The summed E-state index contributed by atoms with van der Waals surface area (Å²) in [5.41, 5.74) is 0. The predicted octanol–water partition coefficient (Wildman–Crippen LogP) is 1.62. The molecule has 0 aromatic heterocycles. The second-order valence-electron chi connectivity index (χ2n) is 4.83. The molecule has 1 rings (SSSR count). The zero-order valence-electron chi connectivity index (χ0n) is 10.7. The molecule has 2 atom stereocenters. The third-order valence-corrected chi connectivity index (χ3v) is 3.17. The fourth-order valence-electron chi connectivity index (χ4n) is 2.11. The molecule has 0 radical (unpaired) electrons. The summed E-state index contributed by atoms with van der Waals surface area (Å²) in [5, 5.41) is 12.3. The number of rotatable bonds is 6. The van der Waals surface area contributed by atoms with Crippen LogP contribution in [0.5, 0.6) is 0 Å². The Morgan fingerprint density at radius 3 is 2.63 bits per heavy atom. The van der Waals surface area contributed by atoms with Gasteiger partial charge in [-0.2, -0.15) is 13.2 Å². The van der Waals surface area contributed by atoms with E-state index in [4.69, 9.17) is 0 Å². The van der Waals surface area contributed by atoms with Crippen LogP contribution in [0, 0.1) is 5.92 Å². The molecule has 1 fully saturated rings. The molecular formula is C12H20F3NO3. The van der Waals surface area contributed by atoms with Gasteiger partial charge in [0.15, 0.2) is 0 Å². The number of amides is 1. The lowest BCUT2D eigenvalue weighted by Gasteiger charge is -2.27. The minimum atomic E-state index is -4.36. The Morgan fingerprint density at radius 1 is 1.32 bits per heavy atom. The monoisotopic (exact) mass is 283 g/mol. The van der Waals surface area contributed by atoms with Gasteiger partial charge in [-0.05, 0) is 12.8 Å². The average Bonchev–Trinajstić information content (AvgIpc) is 2.32. The minimum absolute atomic E-state index is 0.0498. The second kappa shape index (κ2) is 7.69. The van der Waals surface area contributed by atoms with E-state index < -0.39 is 18.9 Å². The molecule has 2 unspecified atom stereocenters. The van der Waals surface area contributed by atoms with E-state index in [2.05, 4.69) is 10.1 Å². The lowest BCUT2D eigenvalue weighted by molar-refractivity contribution is -0.174. The highest BCUT2D eigenvalue weighted by Gasteiger charge is 2.27. The van der Waals surface area contributed by atoms with Crippen LogP contribution in [-0.2, 0) is 9.53 Å². The molecule has 7 heteroatoms. The van der Waals surface area contributed by atoms with Crippen molar-refractivity contribution in [3.05, 3.63) is 0 Å². The van der Waals surface area contributed by atoms with E-state index >= 15 is 0 Å². The number of aliphatic hydroxyl groups is 1. The SMILES string of the molecule is O=C(CCOCC(F)(F)F)NCC1CCCCC1O. The summed E-state index contributed by atoms with van der Waals surface area (Å²) in [4.78, 5) is 11.4. The first-order valence-corrected chi connectivity index (χ1v) is 6.48. The normalized spacial score (nSPS) is 24.2. The summed E-state index contributed by atoms with van der Waals surface area (Å²) < 4.78 is 39.6. The van der Waals surface area contributed by atoms with E-state index in [-0.39, 0.29) is 24.9 Å². The molecule has 1 aliphatic carbocycles. The van der Waals surface area contributed by atoms with Crippen molar-refractivity contribution in [2.24, 2.45) is 5.92 Å². The van der Waals surface area contributed by atoms with Crippen molar-refractivity contribution in [3.63, 3.8) is 0 Å². The van der Waals surface area contributed by atoms with Gasteiger partial charge < -0.3 is 15.2 Å². The largest absolute Gasteiger partial charge is 0.411 e. The number of nitrogens with one attached hydrogen (secondary N) is 1. The van der Waals surface area contributed by atoms with Gasteiger partial charge in [0.05, 0.1) is 12.7 Å². The zero-order valence-corrected chi connectivity index (χ0v) is 10.7. The molecule has 0 aromatic carbocycles. The van der Waals surface area contributed by atoms with Crippen molar-refractivity contribution in [3.8, 4) is 0 Å². The van der Waals surface area contributed by atoms with Gasteiger partial charge in [-0.3, -0.25) is 4.79 Å². The molecule has 2 N–H and O–H groups in total. The maximum Gasteiger partial charge on any atom is 0.411 e. The number of halogens is 3. The van der Waals surface area contributed by atoms with E-state index in [9.17, 15) is 23.1 Å². The van der Waals surface area contributed by atoms with Crippen LogP contribution in [0.4, 0.5) is 13.2 Å². The number of carbonyl (C=O) groups is 1. The standard InChI is InChI=1S/C12H20F3NO3/c13-12(14,15)8-19-6-5-11(18)16-7-9-3-1-2-4-10(9)17/h9-10,17H,1-8H2,(H,16,18). The summed E-state index contributed by atoms with van der Waals surface area (Å²) >= 11 is 0. The Morgan fingerprint density at radius 2 is 2.00 bits per heavy atom. The molecule has 0 aliphatic heterocycles. The molecule has 1 saturated carbocycles. The number of aliphatic hydroxyl groups excluding tert-OH is 1. The van der Waals surface area contributed by atoms with Crippen LogP contribution in [-0.4, -0.2) is 43.1 Å². The smallest absolute Gasteiger partial charge is 0.393 e. The molecule has 19 heavy (non-hydrogen) atoms. The van der Waals surface area contributed by atoms with Crippen LogP contribution in [0.1, 0.15) is 32.1 Å². The molecule has 1 amide bonds. The van der Waals surface area contributed by atoms with Gasteiger partial charge in [0.2, 0.25) is 5.91 Å². The van der Waals surface area contributed by atoms with Gasteiger partial charge in [-0.15, -0.1) is 0 Å². The Balaban J connectivity index is 2.07.